The Kier molecular flexibility index (Phi) is 4.31. The molecule has 0 spiro atoms. The van der Waals surface area contributed by atoms with Gasteiger partial charge in [0.1, 0.15) is 5.75 Å². The molecule has 2 aromatic rings. The quantitative estimate of drug-likeness (QED) is 0.734. The topological polar surface area (TPSA) is 26.3 Å². The molecule has 2 aromatic carbocycles. The van der Waals surface area contributed by atoms with Crippen LogP contribution in [0.3, 0.4) is 0 Å². The standard InChI is InChI=1S/C18H21FO2/c1-5-16(18(2,3)17(19)20)14-7-6-13-11-15(21-4)9-8-12(13)10-14/h6-11,16H,5H2,1-4H3/t16-/m0/s1. The molecule has 0 aliphatic rings. The van der Waals surface area contributed by atoms with Crippen molar-refractivity contribution in [3.05, 3.63) is 42.0 Å². The number of hydrogen-bond donors (Lipinski definition) is 0. The summed E-state index contributed by atoms with van der Waals surface area (Å²) in [6.45, 7) is 5.32. The molecule has 0 N–H and O–H groups in total. The minimum atomic E-state index is -1.26. The highest BCUT2D eigenvalue weighted by atomic mass is 19.1. The summed E-state index contributed by atoms with van der Waals surface area (Å²) >= 11 is 0. The fraction of sp³-hybridized carbons (Fsp3) is 0.389. The predicted molar refractivity (Wildman–Crippen MR) is 83.4 cm³/mol. The molecule has 0 fully saturated rings. The van der Waals surface area contributed by atoms with Crippen LogP contribution in [0.15, 0.2) is 36.4 Å². The maximum Gasteiger partial charge on any atom is 0.307 e. The summed E-state index contributed by atoms with van der Waals surface area (Å²) in [4.78, 5) is 11.3. The van der Waals surface area contributed by atoms with E-state index in [4.69, 9.17) is 4.74 Å². The largest absolute Gasteiger partial charge is 0.497 e. The van der Waals surface area contributed by atoms with Crippen LogP contribution >= 0.6 is 0 Å². The number of carbonyl (C=O) groups is 1. The lowest BCUT2D eigenvalue weighted by atomic mass is 9.73. The summed E-state index contributed by atoms with van der Waals surface area (Å²) in [6.07, 6.45) is 0.713. The van der Waals surface area contributed by atoms with E-state index in [0.717, 1.165) is 22.1 Å². The van der Waals surface area contributed by atoms with Gasteiger partial charge >= 0.3 is 6.04 Å². The second kappa shape index (κ2) is 5.84. The highest BCUT2D eigenvalue weighted by Gasteiger charge is 2.37. The average Bonchev–Trinajstić information content (AvgIpc) is 2.47. The number of fused-ring (bicyclic) bond motifs is 1. The van der Waals surface area contributed by atoms with Gasteiger partial charge in [0.05, 0.1) is 12.5 Å². The first kappa shape index (κ1) is 15.5. The Balaban J connectivity index is 2.48. The summed E-state index contributed by atoms with van der Waals surface area (Å²) in [5.41, 5.74) is -0.0132. The van der Waals surface area contributed by atoms with E-state index in [1.165, 1.54) is 0 Å². The van der Waals surface area contributed by atoms with E-state index in [-0.39, 0.29) is 5.92 Å². The van der Waals surface area contributed by atoms with Crippen molar-refractivity contribution in [3.8, 4) is 5.75 Å². The molecule has 3 heteroatoms. The predicted octanol–water partition coefficient (Wildman–Crippen LogP) is 4.86. The minimum absolute atomic E-state index is 0.137. The molecule has 0 aliphatic carbocycles. The van der Waals surface area contributed by atoms with Crippen LogP contribution in [0, 0.1) is 5.41 Å². The van der Waals surface area contributed by atoms with Gasteiger partial charge in [0, 0.05) is 0 Å². The van der Waals surface area contributed by atoms with E-state index >= 15 is 0 Å². The van der Waals surface area contributed by atoms with Gasteiger partial charge in [-0.05, 0) is 54.7 Å². The van der Waals surface area contributed by atoms with Gasteiger partial charge in [-0.3, -0.25) is 4.79 Å². The second-order valence-electron chi connectivity index (χ2n) is 5.93. The zero-order valence-corrected chi connectivity index (χ0v) is 12.9. The molecular formula is C18H21FO2. The van der Waals surface area contributed by atoms with Crippen LogP contribution in [0.1, 0.15) is 38.7 Å². The number of methoxy groups -OCH3 is 1. The van der Waals surface area contributed by atoms with Gasteiger partial charge in [0.25, 0.3) is 0 Å². The first-order valence-corrected chi connectivity index (χ1v) is 7.17. The van der Waals surface area contributed by atoms with E-state index in [1.54, 1.807) is 21.0 Å². The molecule has 2 nitrogen and oxygen atoms in total. The van der Waals surface area contributed by atoms with Crippen LogP contribution in [0.4, 0.5) is 4.39 Å². The molecule has 0 bridgehead atoms. The maximum absolute atomic E-state index is 13.4. The van der Waals surface area contributed by atoms with E-state index in [1.807, 2.05) is 43.3 Å². The van der Waals surface area contributed by atoms with Crippen LogP contribution in [-0.4, -0.2) is 13.1 Å². The molecular weight excluding hydrogens is 267 g/mol. The maximum atomic E-state index is 13.4. The van der Waals surface area contributed by atoms with Gasteiger partial charge in [0.2, 0.25) is 0 Å². The first-order chi connectivity index (χ1) is 9.90. The van der Waals surface area contributed by atoms with Crippen molar-refractivity contribution in [1.29, 1.82) is 0 Å². The molecule has 0 saturated heterocycles. The number of rotatable bonds is 5. The Morgan fingerprint density at radius 3 is 2.38 bits per heavy atom. The average molecular weight is 288 g/mol. The Labute approximate surface area is 124 Å². The summed E-state index contributed by atoms with van der Waals surface area (Å²) in [5.74, 6) is 0.669. The molecule has 0 unspecified atom stereocenters. The SMILES string of the molecule is CC[C@@H](c1ccc2cc(OC)ccc2c1)C(C)(C)C(=O)F. The minimum Gasteiger partial charge on any atom is -0.497 e. The molecule has 2 rings (SSSR count). The van der Waals surface area contributed by atoms with E-state index < -0.39 is 11.5 Å². The zero-order valence-electron chi connectivity index (χ0n) is 12.9. The molecule has 0 radical (unpaired) electrons. The van der Waals surface area contributed by atoms with Crippen LogP contribution in [0.2, 0.25) is 0 Å². The van der Waals surface area contributed by atoms with Crippen LogP contribution in [0.5, 0.6) is 5.75 Å². The van der Waals surface area contributed by atoms with E-state index in [9.17, 15) is 9.18 Å². The smallest absolute Gasteiger partial charge is 0.307 e. The third kappa shape index (κ3) is 2.92. The molecule has 0 amide bonds. The molecule has 0 saturated carbocycles. The fourth-order valence-corrected chi connectivity index (χ4v) is 2.89. The van der Waals surface area contributed by atoms with Crippen LogP contribution in [0.25, 0.3) is 10.8 Å². The third-order valence-corrected chi connectivity index (χ3v) is 4.26. The van der Waals surface area contributed by atoms with Crippen molar-refractivity contribution in [2.24, 2.45) is 5.41 Å². The molecule has 0 heterocycles. The second-order valence-corrected chi connectivity index (χ2v) is 5.93. The summed E-state index contributed by atoms with van der Waals surface area (Å²) in [6, 6.07) is 10.6. The van der Waals surface area contributed by atoms with Gasteiger partial charge in [-0.25, -0.2) is 0 Å². The highest BCUT2D eigenvalue weighted by molar-refractivity contribution is 5.85. The van der Waals surface area contributed by atoms with E-state index in [2.05, 4.69) is 0 Å². The number of halogens is 1. The Morgan fingerprint density at radius 1 is 1.19 bits per heavy atom. The molecule has 21 heavy (non-hydrogen) atoms. The first-order valence-electron chi connectivity index (χ1n) is 7.17. The van der Waals surface area contributed by atoms with Crippen molar-refractivity contribution in [2.45, 2.75) is 33.1 Å². The van der Waals surface area contributed by atoms with Crippen molar-refractivity contribution >= 4 is 16.8 Å². The van der Waals surface area contributed by atoms with Gasteiger partial charge in [-0.2, -0.15) is 4.39 Å². The number of ether oxygens (including phenoxy) is 1. The fourth-order valence-electron chi connectivity index (χ4n) is 2.89. The van der Waals surface area contributed by atoms with Gasteiger partial charge in [-0.15, -0.1) is 0 Å². The lowest BCUT2D eigenvalue weighted by Gasteiger charge is -2.29. The molecule has 1 atom stereocenters. The number of carbonyl (C=O) groups excluding carboxylic acids is 1. The zero-order chi connectivity index (χ0) is 15.6. The number of benzene rings is 2. The monoisotopic (exact) mass is 288 g/mol. The van der Waals surface area contributed by atoms with Crippen molar-refractivity contribution in [3.63, 3.8) is 0 Å². The van der Waals surface area contributed by atoms with Crippen LogP contribution in [-0.2, 0) is 4.79 Å². The van der Waals surface area contributed by atoms with Crippen molar-refractivity contribution < 1.29 is 13.9 Å². The lowest BCUT2D eigenvalue weighted by molar-refractivity contribution is -0.139. The van der Waals surface area contributed by atoms with Crippen molar-refractivity contribution in [2.75, 3.05) is 7.11 Å². The third-order valence-electron chi connectivity index (χ3n) is 4.26. The Morgan fingerprint density at radius 2 is 1.81 bits per heavy atom. The molecule has 112 valence electrons. The molecule has 0 aromatic heterocycles. The Hall–Kier alpha value is -1.90. The summed E-state index contributed by atoms with van der Waals surface area (Å²) < 4.78 is 18.6. The molecule has 0 aliphatic heterocycles. The van der Waals surface area contributed by atoms with Crippen molar-refractivity contribution in [1.82, 2.24) is 0 Å². The normalized spacial score (nSPS) is 13.2. The van der Waals surface area contributed by atoms with Gasteiger partial charge < -0.3 is 4.74 Å². The van der Waals surface area contributed by atoms with Gasteiger partial charge in [-0.1, -0.05) is 31.2 Å². The van der Waals surface area contributed by atoms with Gasteiger partial charge in [0.15, 0.2) is 0 Å². The highest BCUT2D eigenvalue weighted by Crippen LogP contribution is 2.40. The van der Waals surface area contributed by atoms with Crippen LogP contribution < -0.4 is 4.74 Å². The Bertz CT molecular complexity index is 661. The van der Waals surface area contributed by atoms with E-state index in [0.29, 0.717) is 6.42 Å². The summed E-state index contributed by atoms with van der Waals surface area (Å²) in [7, 11) is 1.64. The number of hydrogen-bond acceptors (Lipinski definition) is 2. The summed E-state index contributed by atoms with van der Waals surface area (Å²) in [5, 5.41) is 2.13. The lowest BCUT2D eigenvalue weighted by Crippen LogP contribution is -2.28.